The van der Waals surface area contributed by atoms with Crippen LogP contribution in [0.25, 0.3) is 37.9 Å². The largest absolute Gasteiger partial charge is 0.454 e. The van der Waals surface area contributed by atoms with E-state index < -0.39 is 5.41 Å². The van der Waals surface area contributed by atoms with Crippen LogP contribution < -0.4 is 14.7 Å². The second-order valence-corrected chi connectivity index (χ2v) is 18.6. The summed E-state index contributed by atoms with van der Waals surface area (Å²) in [6, 6.07) is 82.7. The lowest BCUT2D eigenvalue weighted by atomic mass is 9.64. The molecule has 1 aliphatic carbocycles. The van der Waals surface area contributed by atoms with Crippen molar-refractivity contribution in [3.63, 3.8) is 0 Å². The minimum absolute atomic E-state index is 0.561. The Morgan fingerprint density at radius 2 is 1.06 bits per heavy atom. The van der Waals surface area contributed by atoms with Crippen molar-refractivity contribution in [3.8, 4) is 11.1 Å². The van der Waals surface area contributed by atoms with Gasteiger partial charge in [-0.3, -0.25) is 0 Å². The van der Waals surface area contributed by atoms with E-state index in [0.29, 0.717) is 5.69 Å². The maximum absolute atomic E-state index is 7.70. The molecule has 1 spiro atoms. The van der Waals surface area contributed by atoms with Crippen LogP contribution >= 0.6 is 11.8 Å². The first-order valence-corrected chi connectivity index (χ1v) is 23.7. The third-order valence-corrected chi connectivity index (χ3v) is 15.1. The zero-order chi connectivity index (χ0) is 44.9. The molecule has 1 atom stereocenters. The summed E-state index contributed by atoms with van der Waals surface area (Å²) in [6.07, 6.45) is 0. The van der Waals surface area contributed by atoms with E-state index in [-0.39, 0.29) is 0 Å². The van der Waals surface area contributed by atoms with Crippen molar-refractivity contribution >= 4 is 90.6 Å². The lowest BCUT2D eigenvalue weighted by molar-refractivity contribution is 0.669. The van der Waals surface area contributed by atoms with Crippen LogP contribution in [0, 0.1) is 6.57 Å². The number of nitrogens with zero attached hydrogens (tertiary/aromatic N) is 4. The highest BCUT2D eigenvalue weighted by Gasteiger charge is 2.53. The third kappa shape index (κ3) is 5.45. The minimum atomic E-state index is -0.561. The van der Waals surface area contributed by atoms with Gasteiger partial charge in [0.05, 0.1) is 34.7 Å². The Morgan fingerprint density at radius 1 is 0.441 bits per heavy atom. The topological polar surface area (TPSA) is 27.2 Å². The van der Waals surface area contributed by atoms with Crippen molar-refractivity contribution in [1.29, 1.82) is 0 Å². The molecule has 2 aliphatic heterocycles. The molecule has 0 bridgehead atoms. The zero-order valence-corrected chi connectivity index (χ0v) is 37.4. The van der Waals surface area contributed by atoms with Gasteiger partial charge in [-0.15, -0.1) is 0 Å². The van der Waals surface area contributed by atoms with Gasteiger partial charge < -0.3 is 19.1 Å². The summed E-state index contributed by atoms with van der Waals surface area (Å²) < 4.78 is 6.85. The molecule has 14 rings (SSSR count). The van der Waals surface area contributed by atoms with Crippen LogP contribution in [0.3, 0.4) is 0 Å². The Labute approximate surface area is 398 Å². The fourth-order valence-corrected chi connectivity index (χ4v) is 12.4. The molecule has 3 heterocycles. The van der Waals surface area contributed by atoms with Crippen LogP contribution in [0.1, 0.15) is 22.3 Å². The van der Waals surface area contributed by atoms with Gasteiger partial charge in [0.1, 0.15) is 5.58 Å². The predicted molar refractivity (Wildman–Crippen MR) is 279 cm³/mol. The Hall–Kier alpha value is -8.76. The highest BCUT2D eigenvalue weighted by atomic mass is 32.2. The minimum Gasteiger partial charge on any atom is -0.454 e. The fourth-order valence-electron chi connectivity index (χ4n) is 11.3. The van der Waals surface area contributed by atoms with Crippen LogP contribution in [0.2, 0.25) is 0 Å². The van der Waals surface area contributed by atoms with Crippen molar-refractivity contribution in [1.82, 2.24) is 0 Å². The molecule has 0 saturated heterocycles. The first kappa shape index (κ1) is 38.5. The summed E-state index contributed by atoms with van der Waals surface area (Å²) in [5, 5.41) is 2.05. The number of rotatable bonds is 6. The van der Waals surface area contributed by atoms with Crippen molar-refractivity contribution in [2.75, 3.05) is 14.7 Å². The highest BCUT2D eigenvalue weighted by Crippen LogP contribution is 2.67. The maximum Gasteiger partial charge on any atom is 0.187 e. The number of benzene rings is 10. The van der Waals surface area contributed by atoms with E-state index in [1.165, 1.54) is 60.2 Å². The van der Waals surface area contributed by atoms with E-state index in [9.17, 15) is 0 Å². The Kier molecular flexibility index (Phi) is 8.43. The molecule has 0 fully saturated rings. The van der Waals surface area contributed by atoms with E-state index >= 15 is 0 Å². The molecule has 0 N–H and O–H groups in total. The van der Waals surface area contributed by atoms with Crippen molar-refractivity contribution in [2.45, 2.75) is 15.2 Å². The van der Waals surface area contributed by atoms with Crippen molar-refractivity contribution in [2.24, 2.45) is 0 Å². The summed E-state index contributed by atoms with van der Waals surface area (Å²) >= 11 is 1.86. The molecule has 0 saturated carbocycles. The van der Waals surface area contributed by atoms with Crippen LogP contribution in [0.15, 0.2) is 245 Å². The van der Waals surface area contributed by atoms with Crippen molar-refractivity contribution < 1.29 is 4.42 Å². The molecular weight excluding hydrogens is 849 g/mol. The molecule has 3 aliphatic rings. The normalized spacial score (nSPS) is 14.7. The van der Waals surface area contributed by atoms with Crippen LogP contribution in [0.5, 0.6) is 0 Å². The molecule has 0 amide bonds. The number of hydrogen-bond acceptors (Lipinski definition) is 5. The Balaban J connectivity index is 1.02. The molecule has 318 valence electrons. The Bertz CT molecular complexity index is 3880. The number of furan rings is 1. The molecule has 6 heteroatoms. The lowest BCUT2D eigenvalue weighted by Crippen LogP contribution is -2.37. The van der Waals surface area contributed by atoms with Crippen LogP contribution in [-0.4, -0.2) is 0 Å². The van der Waals surface area contributed by atoms with Gasteiger partial charge in [0.25, 0.3) is 0 Å². The summed E-state index contributed by atoms with van der Waals surface area (Å²) in [5.74, 6) is 0. The van der Waals surface area contributed by atoms with Gasteiger partial charge in [0.2, 0.25) is 0 Å². The second-order valence-electron chi connectivity index (χ2n) is 17.5. The lowest BCUT2D eigenvalue weighted by Gasteiger charge is -2.47. The SMILES string of the molecule is [C-]#[N+]c1ccc(N(c2ccccc2)c2cc(N(c3ccccc3)c3ccc4c(c3)-c3ccccc3C43c4ccccc4N4c5ccccc5Sc5cccc3c54)cc3c2oc2ccccc23)cc1. The average Bonchev–Trinajstić information content (AvgIpc) is 3.92. The smallest absolute Gasteiger partial charge is 0.187 e. The molecular formula is C62H38N4OS. The van der Waals surface area contributed by atoms with E-state index in [1.807, 2.05) is 54.2 Å². The quantitative estimate of drug-likeness (QED) is 0.155. The molecule has 68 heavy (non-hydrogen) atoms. The summed E-state index contributed by atoms with van der Waals surface area (Å²) in [7, 11) is 0. The van der Waals surface area contributed by atoms with Gasteiger partial charge in [-0.25, -0.2) is 4.85 Å². The van der Waals surface area contributed by atoms with Crippen LogP contribution in [-0.2, 0) is 5.41 Å². The van der Waals surface area contributed by atoms with E-state index in [4.69, 9.17) is 11.0 Å². The maximum atomic E-state index is 7.70. The molecule has 11 aromatic rings. The number of para-hydroxylation sites is 6. The molecule has 1 aromatic heterocycles. The number of fused-ring (bicyclic) bond motifs is 14. The number of anilines is 9. The first-order valence-electron chi connectivity index (χ1n) is 22.9. The van der Waals surface area contributed by atoms with Gasteiger partial charge in [-0.05, 0) is 124 Å². The van der Waals surface area contributed by atoms with Gasteiger partial charge in [0.15, 0.2) is 11.3 Å². The fraction of sp³-hybridized carbons (Fsp3) is 0.0161. The second kappa shape index (κ2) is 14.9. The molecule has 10 aromatic carbocycles. The van der Waals surface area contributed by atoms with E-state index in [1.54, 1.807) is 0 Å². The number of hydrogen-bond donors (Lipinski definition) is 0. The van der Waals surface area contributed by atoms with Gasteiger partial charge in [0, 0.05) is 49.0 Å². The average molecular weight is 887 g/mol. The van der Waals surface area contributed by atoms with E-state index in [2.05, 4.69) is 208 Å². The zero-order valence-electron chi connectivity index (χ0n) is 36.5. The summed E-state index contributed by atoms with van der Waals surface area (Å²) in [5.41, 5.74) is 18.7. The van der Waals surface area contributed by atoms with Gasteiger partial charge in [-0.2, -0.15) is 0 Å². The molecule has 5 nitrogen and oxygen atoms in total. The highest BCUT2D eigenvalue weighted by molar-refractivity contribution is 7.99. The van der Waals surface area contributed by atoms with Gasteiger partial charge in [-0.1, -0.05) is 151 Å². The monoisotopic (exact) mass is 886 g/mol. The molecule has 0 radical (unpaired) electrons. The molecule has 1 unspecified atom stereocenters. The summed E-state index contributed by atoms with van der Waals surface area (Å²) in [4.78, 5) is 13.4. The van der Waals surface area contributed by atoms with Crippen LogP contribution in [0.4, 0.5) is 56.9 Å². The van der Waals surface area contributed by atoms with Gasteiger partial charge >= 0.3 is 0 Å². The van der Waals surface area contributed by atoms with E-state index in [0.717, 1.165) is 56.1 Å². The first-order chi connectivity index (χ1) is 33.7. The predicted octanol–water partition coefficient (Wildman–Crippen LogP) is 17.7. The Morgan fingerprint density at radius 3 is 1.87 bits per heavy atom. The standard InChI is InChI=1S/C62H38N4OS/c1-63-40-31-33-43(34-32-40)65(42-19-6-3-7-20-42)56-39-45(38-49-47-22-9-14-28-57(47)67-61(49)56)64(41-17-4-2-5-18-41)44-35-36-51-48(37-44)46-21-8-10-23-50(46)62(51)52-24-11-12-26-54(52)66-55-27-13-15-29-58(55)68-59-30-16-25-53(62)60(59)66/h2-39H. The third-order valence-electron chi connectivity index (χ3n) is 14.0. The van der Waals surface area contributed by atoms with Crippen molar-refractivity contribution in [3.05, 3.63) is 264 Å². The summed E-state index contributed by atoms with van der Waals surface area (Å²) in [6.45, 7) is 7.70.